The first kappa shape index (κ1) is 31.2. The van der Waals surface area contributed by atoms with E-state index >= 15 is 0 Å². The third-order valence-corrected chi connectivity index (χ3v) is 7.25. The summed E-state index contributed by atoms with van der Waals surface area (Å²) in [6.07, 6.45) is 0. The maximum absolute atomic E-state index is 11.0. The van der Waals surface area contributed by atoms with Crippen LogP contribution in [0.15, 0.2) is 95.2 Å². The van der Waals surface area contributed by atoms with Gasteiger partial charge in [0.25, 0.3) is 0 Å². The molecule has 0 saturated heterocycles. The zero-order valence-corrected chi connectivity index (χ0v) is 25.5. The second-order valence-corrected chi connectivity index (χ2v) is 10.8. The lowest BCUT2D eigenvalue weighted by atomic mass is 10.2. The molecule has 3 aromatic carbocycles. The number of nitrogens with zero attached hydrogens (tertiary/aromatic N) is 6. The lowest BCUT2D eigenvalue weighted by Gasteiger charge is -2.13. The quantitative estimate of drug-likeness (QED) is 0.193. The van der Waals surface area contributed by atoms with Gasteiger partial charge in [-0.15, -0.1) is 16.5 Å². The molecule has 1 heterocycles. The Kier molecular flexibility index (Phi) is 10.5. The van der Waals surface area contributed by atoms with Gasteiger partial charge >= 0.3 is 5.97 Å². The second kappa shape index (κ2) is 13.8. The van der Waals surface area contributed by atoms with Gasteiger partial charge < -0.3 is 27.3 Å². The topological polar surface area (TPSA) is 84.4 Å². The van der Waals surface area contributed by atoms with Crippen LogP contribution in [0.1, 0.15) is 10.4 Å². The SMILES string of the molecule is CN(C)c1ccc(N=Nc2ccccc2C(=O)O)cc1.CN(C)c1ccc2nc3ccc(=[N+](C)C)cc-3sc2c1.[Cl-]. The summed E-state index contributed by atoms with van der Waals surface area (Å²) in [4.78, 5) is 21.1. The number of aromatic carboxylic acids is 1. The number of fused-ring (bicyclic) bond motifs is 2. The van der Waals surface area contributed by atoms with Crippen LogP contribution in [-0.4, -0.2) is 58.3 Å². The van der Waals surface area contributed by atoms with Crippen molar-refractivity contribution in [3.63, 3.8) is 0 Å². The fourth-order valence-corrected chi connectivity index (χ4v) is 4.86. The van der Waals surface area contributed by atoms with Crippen molar-refractivity contribution in [2.24, 2.45) is 10.2 Å². The largest absolute Gasteiger partial charge is 1.00 e. The van der Waals surface area contributed by atoms with E-state index in [4.69, 9.17) is 10.1 Å². The van der Waals surface area contributed by atoms with Gasteiger partial charge in [0, 0.05) is 51.7 Å². The third-order valence-electron chi connectivity index (χ3n) is 6.15. The Morgan fingerprint density at radius 2 is 1.49 bits per heavy atom. The minimum absolute atomic E-state index is 0. The van der Waals surface area contributed by atoms with Crippen molar-refractivity contribution in [2.45, 2.75) is 0 Å². The first-order valence-electron chi connectivity index (χ1n) is 12.7. The van der Waals surface area contributed by atoms with Crippen LogP contribution in [0.4, 0.5) is 22.7 Å². The summed E-state index contributed by atoms with van der Waals surface area (Å²) in [6.45, 7) is 0. The summed E-state index contributed by atoms with van der Waals surface area (Å²) < 4.78 is 3.34. The fraction of sp³-hybridized carbons (Fsp3) is 0.194. The van der Waals surface area contributed by atoms with Gasteiger partial charge in [0.15, 0.2) is 0 Å². The molecule has 41 heavy (non-hydrogen) atoms. The molecular formula is C31H33ClN6O2S. The molecule has 0 saturated carbocycles. The Labute approximate surface area is 250 Å². The summed E-state index contributed by atoms with van der Waals surface area (Å²) in [5, 5.41) is 18.3. The van der Waals surface area contributed by atoms with Crippen molar-refractivity contribution in [2.75, 3.05) is 52.1 Å². The third kappa shape index (κ3) is 7.87. The fourth-order valence-electron chi connectivity index (χ4n) is 3.83. The smallest absolute Gasteiger partial charge is 0.337 e. The first-order chi connectivity index (χ1) is 19.1. The molecule has 0 radical (unpaired) electrons. The van der Waals surface area contributed by atoms with Gasteiger partial charge in [-0.2, -0.15) is 5.11 Å². The molecule has 3 aromatic rings. The Hall–Kier alpha value is -4.34. The molecule has 0 fully saturated rings. The van der Waals surface area contributed by atoms with Crippen molar-refractivity contribution in [1.29, 1.82) is 0 Å². The second-order valence-electron chi connectivity index (χ2n) is 9.74. The maximum atomic E-state index is 11.0. The number of aromatic nitrogens is 1. The van der Waals surface area contributed by atoms with E-state index in [0.29, 0.717) is 11.4 Å². The standard InChI is InChI=1S/C16H18N3S.C15H15N3O2.ClH/c1-18(2)11-5-7-13-15(9-11)20-16-10-12(19(3)4)6-8-14(16)17-13;1-18(2)12-9-7-11(8-10-12)16-17-14-6-4-3-5-13(14)15(19)20;/h5-10H,1-4H3;3-10H,1-2H3,(H,19,20);1H/q+1;;/p-1. The van der Waals surface area contributed by atoms with Crippen LogP contribution in [0.2, 0.25) is 0 Å². The van der Waals surface area contributed by atoms with Crippen molar-refractivity contribution < 1.29 is 22.3 Å². The molecule has 2 aliphatic rings. The highest BCUT2D eigenvalue weighted by atomic mass is 35.5. The van der Waals surface area contributed by atoms with Gasteiger partial charge in [-0.3, -0.25) is 0 Å². The molecular weight excluding hydrogens is 556 g/mol. The predicted molar refractivity (Wildman–Crippen MR) is 166 cm³/mol. The Morgan fingerprint density at radius 3 is 2.12 bits per heavy atom. The van der Waals surface area contributed by atoms with E-state index in [0.717, 1.165) is 16.9 Å². The van der Waals surface area contributed by atoms with Crippen molar-refractivity contribution in [3.05, 3.63) is 95.8 Å². The molecule has 0 bridgehead atoms. The molecule has 0 amide bonds. The van der Waals surface area contributed by atoms with Gasteiger partial charge in [-0.25, -0.2) is 14.4 Å². The number of carbonyl (C=O) groups is 1. The average Bonchev–Trinajstić information content (AvgIpc) is 2.94. The summed E-state index contributed by atoms with van der Waals surface area (Å²) in [7, 11) is 12.2. The van der Waals surface area contributed by atoms with Gasteiger partial charge in [0.05, 0.1) is 32.0 Å². The van der Waals surface area contributed by atoms with E-state index in [1.54, 1.807) is 29.5 Å². The van der Waals surface area contributed by atoms with Gasteiger partial charge in [-0.05, 0) is 60.7 Å². The monoisotopic (exact) mass is 588 g/mol. The van der Waals surface area contributed by atoms with E-state index in [1.807, 2.05) is 43.3 Å². The number of halogens is 1. The van der Waals surface area contributed by atoms with Crippen molar-refractivity contribution in [3.8, 4) is 10.6 Å². The van der Waals surface area contributed by atoms with Crippen LogP contribution >= 0.6 is 11.3 Å². The van der Waals surface area contributed by atoms with Crippen LogP contribution in [0, 0.1) is 0 Å². The summed E-state index contributed by atoms with van der Waals surface area (Å²) in [5.41, 5.74) is 5.55. The molecule has 0 unspecified atom stereocenters. The molecule has 1 N–H and O–H groups in total. The summed E-state index contributed by atoms with van der Waals surface area (Å²) in [6, 6.07) is 26.9. The zero-order chi connectivity index (χ0) is 28.8. The number of hydrogen-bond acceptors (Lipinski definition) is 7. The summed E-state index contributed by atoms with van der Waals surface area (Å²) in [5.74, 6) is -1.01. The molecule has 0 atom stereocenters. The normalized spacial score (nSPS) is 10.6. The van der Waals surface area contributed by atoms with E-state index in [9.17, 15) is 4.79 Å². The highest BCUT2D eigenvalue weighted by Gasteiger charge is 2.10. The number of carboxylic acid groups (broad SMARTS) is 1. The van der Waals surface area contributed by atoms with Crippen LogP contribution in [0.5, 0.6) is 0 Å². The number of carboxylic acids is 1. The minimum Gasteiger partial charge on any atom is -1.00 e. The van der Waals surface area contributed by atoms with E-state index in [2.05, 4.69) is 84.3 Å². The lowest BCUT2D eigenvalue weighted by Crippen LogP contribution is -3.00. The Morgan fingerprint density at radius 1 is 0.829 bits per heavy atom. The van der Waals surface area contributed by atoms with Gasteiger partial charge in [-0.1, -0.05) is 12.1 Å². The zero-order valence-electron chi connectivity index (χ0n) is 23.9. The lowest BCUT2D eigenvalue weighted by molar-refractivity contribution is -0.0000238. The van der Waals surface area contributed by atoms with Gasteiger partial charge in [0.2, 0.25) is 5.36 Å². The minimum atomic E-state index is -1.01. The first-order valence-corrected chi connectivity index (χ1v) is 13.5. The highest BCUT2D eigenvalue weighted by molar-refractivity contribution is 7.21. The number of anilines is 2. The number of rotatable bonds is 5. The molecule has 0 aromatic heterocycles. The van der Waals surface area contributed by atoms with Crippen LogP contribution in [-0.2, 0) is 0 Å². The van der Waals surface area contributed by atoms with Gasteiger partial charge in [0.1, 0.15) is 19.8 Å². The predicted octanol–water partition coefficient (Wildman–Crippen LogP) is 3.37. The Balaban J connectivity index is 0.000000220. The van der Waals surface area contributed by atoms with E-state index in [1.165, 1.54) is 26.7 Å². The maximum Gasteiger partial charge on any atom is 0.337 e. The number of azo groups is 1. The molecule has 212 valence electrons. The molecule has 10 heteroatoms. The van der Waals surface area contributed by atoms with E-state index in [-0.39, 0.29) is 18.0 Å². The highest BCUT2D eigenvalue weighted by Crippen LogP contribution is 2.31. The number of hydrogen-bond donors (Lipinski definition) is 1. The van der Waals surface area contributed by atoms with Crippen molar-refractivity contribution in [1.82, 2.24) is 9.56 Å². The Bertz CT molecular complexity index is 1710. The van der Waals surface area contributed by atoms with E-state index < -0.39 is 5.97 Å². The van der Waals surface area contributed by atoms with Crippen LogP contribution in [0.3, 0.4) is 0 Å². The van der Waals surface area contributed by atoms with Crippen LogP contribution < -0.4 is 32.1 Å². The molecule has 5 rings (SSSR count). The summed E-state index contributed by atoms with van der Waals surface area (Å²) >= 11 is 1.80. The van der Waals surface area contributed by atoms with Crippen molar-refractivity contribution >= 4 is 50.3 Å². The molecule has 0 spiro atoms. The number of benzene rings is 4. The molecule has 1 aliphatic carbocycles. The molecule has 8 nitrogen and oxygen atoms in total. The van der Waals surface area contributed by atoms with Crippen LogP contribution in [0.25, 0.3) is 20.8 Å². The average molecular weight is 589 g/mol. The molecule has 1 aliphatic heterocycles.